The molecule has 0 radical (unpaired) electrons. The van der Waals surface area contributed by atoms with Crippen LogP contribution in [0.15, 0.2) is 36.5 Å². The standard InChI is InChI=1S/C13H10ClN3S/c1-8-12(11-5-6-15-17-11)18-13(16-8)9-3-2-4-10(14)7-9/h2-7H,1H3,(H,15,17). The molecule has 0 amide bonds. The minimum atomic E-state index is 0.725. The lowest BCUT2D eigenvalue weighted by Gasteiger charge is -1.95. The molecule has 3 rings (SSSR count). The summed E-state index contributed by atoms with van der Waals surface area (Å²) in [4.78, 5) is 5.70. The van der Waals surface area contributed by atoms with Gasteiger partial charge in [-0.1, -0.05) is 23.7 Å². The Balaban J connectivity index is 2.08. The second kappa shape index (κ2) is 4.55. The fraction of sp³-hybridized carbons (Fsp3) is 0.0769. The van der Waals surface area contributed by atoms with Crippen molar-refractivity contribution in [2.45, 2.75) is 6.92 Å². The Morgan fingerprint density at radius 1 is 1.28 bits per heavy atom. The smallest absolute Gasteiger partial charge is 0.124 e. The Morgan fingerprint density at radius 3 is 2.89 bits per heavy atom. The molecule has 5 heteroatoms. The molecule has 0 aliphatic carbocycles. The van der Waals surface area contributed by atoms with Crippen LogP contribution in [0.3, 0.4) is 0 Å². The maximum absolute atomic E-state index is 6.00. The van der Waals surface area contributed by atoms with Crippen LogP contribution in [-0.4, -0.2) is 15.2 Å². The first-order valence-corrected chi connectivity index (χ1v) is 6.66. The molecule has 2 heterocycles. The predicted molar refractivity (Wildman–Crippen MR) is 74.9 cm³/mol. The molecule has 18 heavy (non-hydrogen) atoms. The van der Waals surface area contributed by atoms with Gasteiger partial charge in [0, 0.05) is 16.8 Å². The van der Waals surface area contributed by atoms with E-state index in [9.17, 15) is 0 Å². The van der Waals surface area contributed by atoms with E-state index in [-0.39, 0.29) is 0 Å². The van der Waals surface area contributed by atoms with Crippen molar-refractivity contribution in [1.29, 1.82) is 0 Å². The summed E-state index contributed by atoms with van der Waals surface area (Å²) in [6.45, 7) is 2.00. The zero-order chi connectivity index (χ0) is 12.5. The second-order valence-electron chi connectivity index (χ2n) is 3.91. The zero-order valence-corrected chi connectivity index (χ0v) is 11.2. The van der Waals surface area contributed by atoms with Crippen molar-refractivity contribution in [1.82, 2.24) is 15.2 Å². The molecule has 3 nitrogen and oxygen atoms in total. The van der Waals surface area contributed by atoms with Crippen molar-refractivity contribution in [2.24, 2.45) is 0 Å². The molecule has 3 aromatic rings. The van der Waals surface area contributed by atoms with Crippen LogP contribution in [0, 0.1) is 6.92 Å². The molecule has 0 atom stereocenters. The normalized spacial score (nSPS) is 10.8. The number of hydrogen-bond donors (Lipinski definition) is 1. The Bertz CT molecular complexity index is 673. The monoisotopic (exact) mass is 275 g/mol. The van der Waals surface area contributed by atoms with Gasteiger partial charge in [-0.05, 0) is 25.1 Å². The van der Waals surface area contributed by atoms with Crippen LogP contribution in [0.5, 0.6) is 0 Å². The molecule has 0 saturated heterocycles. The highest BCUT2D eigenvalue weighted by molar-refractivity contribution is 7.18. The third-order valence-corrected chi connectivity index (χ3v) is 4.09. The van der Waals surface area contributed by atoms with Crippen molar-refractivity contribution >= 4 is 22.9 Å². The number of aromatic amines is 1. The quantitative estimate of drug-likeness (QED) is 0.763. The predicted octanol–water partition coefficient (Wildman–Crippen LogP) is 4.16. The number of nitrogens with one attached hydrogen (secondary N) is 1. The summed E-state index contributed by atoms with van der Waals surface area (Å²) in [5.74, 6) is 0. The maximum atomic E-state index is 6.00. The van der Waals surface area contributed by atoms with Crippen LogP contribution in [0.1, 0.15) is 5.69 Å². The molecule has 0 bridgehead atoms. The number of halogens is 1. The first-order chi connectivity index (χ1) is 8.74. The van der Waals surface area contributed by atoms with E-state index in [1.165, 1.54) is 0 Å². The number of benzene rings is 1. The Hall–Kier alpha value is -1.65. The molecule has 1 aromatic carbocycles. The van der Waals surface area contributed by atoms with Crippen LogP contribution in [0.4, 0.5) is 0 Å². The summed E-state index contributed by atoms with van der Waals surface area (Å²) in [5.41, 5.74) is 3.04. The molecule has 0 aliphatic heterocycles. The van der Waals surface area contributed by atoms with Crippen molar-refractivity contribution in [3.05, 3.63) is 47.2 Å². The third kappa shape index (κ3) is 2.05. The summed E-state index contributed by atoms with van der Waals surface area (Å²) in [6.07, 6.45) is 1.74. The van der Waals surface area contributed by atoms with Crippen LogP contribution in [0.25, 0.3) is 21.1 Å². The van der Waals surface area contributed by atoms with E-state index in [0.717, 1.165) is 31.9 Å². The molecule has 90 valence electrons. The van der Waals surface area contributed by atoms with Crippen LogP contribution in [0.2, 0.25) is 5.02 Å². The summed E-state index contributed by atoms with van der Waals surface area (Å²) in [5, 5.41) is 8.63. The number of hydrogen-bond acceptors (Lipinski definition) is 3. The Kier molecular flexibility index (Phi) is 2.89. The second-order valence-corrected chi connectivity index (χ2v) is 5.35. The Morgan fingerprint density at radius 2 is 2.17 bits per heavy atom. The van der Waals surface area contributed by atoms with Crippen LogP contribution < -0.4 is 0 Å². The molecule has 1 N–H and O–H groups in total. The van der Waals surface area contributed by atoms with Crippen LogP contribution >= 0.6 is 22.9 Å². The Labute approximate surface area is 113 Å². The maximum Gasteiger partial charge on any atom is 0.124 e. The lowest BCUT2D eigenvalue weighted by atomic mass is 10.2. The summed E-state index contributed by atoms with van der Waals surface area (Å²) >= 11 is 7.64. The molecule has 2 aromatic heterocycles. The average Bonchev–Trinajstić information content (AvgIpc) is 2.97. The molecule has 0 fully saturated rings. The van der Waals surface area contributed by atoms with Gasteiger partial charge in [0.05, 0.1) is 16.3 Å². The molecule has 0 spiro atoms. The molecule has 0 aliphatic rings. The number of aryl methyl sites for hydroxylation is 1. The molecular weight excluding hydrogens is 266 g/mol. The van der Waals surface area contributed by atoms with Gasteiger partial charge in [-0.15, -0.1) is 11.3 Å². The summed E-state index contributed by atoms with van der Waals surface area (Å²) < 4.78 is 0. The summed E-state index contributed by atoms with van der Waals surface area (Å²) in [7, 11) is 0. The lowest BCUT2D eigenvalue weighted by Crippen LogP contribution is -1.78. The largest absolute Gasteiger partial charge is 0.277 e. The first kappa shape index (κ1) is 11.4. The van der Waals surface area contributed by atoms with Gasteiger partial charge < -0.3 is 0 Å². The molecule has 0 unspecified atom stereocenters. The van der Waals surface area contributed by atoms with E-state index in [2.05, 4.69) is 15.2 Å². The van der Waals surface area contributed by atoms with Gasteiger partial charge in [0.1, 0.15) is 5.01 Å². The van der Waals surface area contributed by atoms with E-state index in [0.29, 0.717) is 0 Å². The highest BCUT2D eigenvalue weighted by atomic mass is 35.5. The van der Waals surface area contributed by atoms with Gasteiger partial charge in [0.15, 0.2) is 0 Å². The van der Waals surface area contributed by atoms with Gasteiger partial charge in [0.25, 0.3) is 0 Å². The highest BCUT2D eigenvalue weighted by Crippen LogP contribution is 2.34. The minimum Gasteiger partial charge on any atom is -0.277 e. The number of rotatable bonds is 2. The fourth-order valence-electron chi connectivity index (χ4n) is 1.77. The lowest BCUT2D eigenvalue weighted by molar-refractivity contribution is 1.09. The van der Waals surface area contributed by atoms with E-state index in [1.807, 2.05) is 37.3 Å². The fourth-order valence-corrected chi connectivity index (χ4v) is 3.00. The van der Waals surface area contributed by atoms with Crippen molar-refractivity contribution < 1.29 is 0 Å². The third-order valence-electron chi connectivity index (χ3n) is 2.61. The van der Waals surface area contributed by atoms with Gasteiger partial charge in [-0.3, -0.25) is 5.10 Å². The van der Waals surface area contributed by atoms with Gasteiger partial charge in [-0.25, -0.2) is 4.98 Å². The van der Waals surface area contributed by atoms with E-state index in [1.54, 1.807) is 17.5 Å². The van der Waals surface area contributed by atoms with Crippen molar-refractivity contribution in [2.75, 3.05) is 0 Å². The SMILES string of the molecule is Cc1nc(-c2cccc(Cl)c2)sc1-c1ccn[nH]1. The zero-order valence-electron chi connectivity index (χ0n) is 9.64. The summed E-state index contributed by atoms with van der Waals surface area (Å²) in [6, 6.07) is 9.69. The molecular formula is C13H10ClN3S. The van der Waals surface area contributed by atoms with Gasteiger partial charge in [0.2, 0.25) is 0 Å². The van der Waals surface area contributed by atoms with E-state index < -0.39 is 0 Å². The topological polar surface area (TPSA) is 41.6 Å². The minimum absolute atomic E-state index is 0.725. The first-order valence-electron chi connectivity index (χ1n) is 5.47. The highest BCUT2D eigenvalue weighted by Gasteiger charge is 2.12. The number of thiazole rings is 1. The number of aromatic nitrogens is 3. The van der Waals surface area contributed by atoms with E-state index >= 15 is 0 Å². The van der Waals surface area contributed by atoms with Crippen molar-refractivity contribution in [3.8, 4) is 21.1 Å². The van der Waals surface area contributed by atoms with Crippen molar-refractivity contribution in [3.63, 3.8) is 0 Å². The van der Waals surface area contributed by atoms with Crippen LogP contribution in [-0.2, 0) is 0 Å². The van der Waals surface area contributed by atoms with Gasteiger partial charge in [-0.2, -0.15) is 5.10 Å². The average molecular weight is 276 g/mol. The number of nitrogens with zero attached hydrogens (tertiary/aromatic N) is 2. The number of H-pyrrole nitrogens is 1. The van der Waals surface area contributed by atoms with E-state index in [4.69, 9.17) is 11.6 Å². The van der Waals surface area contributed by atoms with Gasteiger partial charge >= 0.3 is 0 Å². The molecule has 0 saturated carbocycles.